The fourth-order valence-electron chi connectivity index (χ4n) is 3.92. The monoisotopic (exact) mass is 407 g/mol. The number of aliphatic hydroxyl groups excluding tert-OH is 1. The molecule has 2 N–H and O–H groups in total. The van der Waals surface area contributed by atoms with Crippen LogP contribution in [0.2, 0.25) is 0 Å². The van der Waals surface area contributed by atoms with Gasteiger partial charge in [0.1, 0.15) is 5.75 Å². The van der Waals surface area contributed by atoms with Crippen LogP contribution in [-0.2, 0) is 11.3 Å². The summed E-state index contributed by atoms with van der Waals surface area (Å²) in [7, 11) is 1.61. The number of carbonyl (C=O) groups is 1. The minimum absolute atomic E-state index is 0.0823. The molecule has 0 bridgehead atoms. The molecule has 2 heterocycles. The van der Waals surface area contributed by atoms with E-state index in [0.717, 1.165) is 30.6 Å². The molecule has 0 aliphatic carbocycles. The average Bonchev–Trinajstić information content (AvgIpc) is 3.03. The smallest absolute Gasteiger partial charge is 0.282 e. The Balaban J connectivity index is 1.72. The van der Waals surface area contributed by atoms with Crippen molar-refractivity contribution in [2.75, 3.05) is 12.9 Å². The molecule has 0 radical (unpaired) electrons. The second-order valence-corrected chi connectivity index (χ2v) is 8.44. The lowest BCUT2D eigenvalue weighted by Crippen LogP contribution is -2.58. The molecule has 7 heteroatoms. The van der Waals surface area contributed by atoms with Gasteiger partial charge in [-0.15, -0.1) is 6.58 Å². The maximum atomic E-state index is 12.5. The highest BCUT2D eigenvalue weighted by Crippen LogP contribution is 2.40. The van der Waals surface area contributed by atoms with Gasteiger partial charge < -0.3 is 24.6 Å². The van der Waals surface area contributed by atoms with Crippen molar-refractivity contribution >= 4 is 17.0 Å². The molecule has 154 valence electrons. The summed E-state index contributed by atoms with van der Waals surface area (Å²) in [6, 6.07) is 7.02. The molecule has 3 rings (SSSR count). The normalized spacial score (nSPS) is 30.5. The summed E-state index contributed by atoms with van der Waals surface area (Å²) in [6.45, 7) is 4.10. The van der Waals surface area contributed by atoms with Gasteiger partial charge in [0.05, 0.1) is 25.4 Å². The van der Waals surface area contributed by atoms with E-state index in [9.17, 15) is 15.0 Å². The number of hydrogen-bond acceptors (Lipinski definition) is 6. The number of hydrogen-bond donors (Lipinski definition) is 2. The number of amides is 1. The van der Waals surface area contributed by atoms with Crippen LogP contribution in [0.1, 0.15) is 37.7 Å². The zero-order chi connectivity index (χ0) is 20.1. The molecule has 6 nitrogen and oxygen atoms in total. The number of methoxy groups -OCH3 is 1. The zero-order valence-corrected chi connectivity index (χ0v) is 17.1. The Labute approximate surface area is 170 Å². The molecule has 0 spiro atoms. The fraction of sp³-hybridized carbons (Fsp3) is 0.571. The SMILES string of the molecule is C=CCCC[C@@H]1C[C@H](O)C[C@](O)([C@@H]2CSC(=O)N2Cc2ccc(OC)cc2)O1. The molecule has 2 saturated heterocycles. The molecule has 2 aliphatic heterocycles. The van der Waals surface area contributed by atoms with Crippen molar-refractivity contribution in [1.29, 1.82) is 0 Å². The molecule has 1 aromatic rings. The van der Waals surface area contributed by atoms with Crippen LogP contribution in [0.4, 0.5) is 4.79 Å². The summed E-state index contributed by atoms with van der Waals surface area (Å²) in [5.41, 5.74) is 0.948. The van der Waals surface area contributed by atoms with E-state index in [1.807, 2.05) is 30.3 Å². The first-order valence-electron chi connectivity index (χ1n) is 9.70. The number of ether oxygens (including phenoxy) is 2. The van der Waals surface area contributed by atoms with Gasteiger partial charge in [-0.05, 0) is 43.4 Å². The molecular formula is C21H29NO5S. The number of unbranched alkanes of at least 4 members (excludes halogenated alkanes) is 1. The zero-order valence-electron chi connectivity index (χ0n) is 16.3. The van der Waals surface area contributed by atoms with E-state index in [1.165, 1.54) is 11.8 Å². The first-order chi connectivity index (χ1) is 13.4. The Bertz CT molecular complexity index is 682. The molecule has 0 aromatic heterocycles. The quantitative estimate of drug-likeness (QED) is 0.508. The Morgan fingerprint density at radius 1 is 1.43 bits per heavy atom. The van der Waals surface area contributed by atoms with Gasteiger partial charge in [-0.2, -0.15) is 0 Å². The van der Waals surface area contributed by atoms with Crippen molar-refractivity contribution in [3.05, 3.63) is 42.5 Å². The molecule has 0 unspecified atom stereocenters. The van der Waals surface area contributed by atoms with Crippen LogP contribution in [0.15, 0.2) is 36.9 Å². The van der Waals surface area contributed by atoms with Crippen LogP contribution in [0.25, 0.3) is 0 Å². The molecule has 4 atom stereocenters. The lowest BCUT2D eigenvalue weighted by molar-refractivity contribution is -0.292. The molecule has 2 fully saturated rings. The molecule has 1 aromatic carbocycles. The second-order valence-electron chi connectivity index (χ2n) is 7.47. The van der Waals surface area contributed by atoms with Gasteiger partial charge in [0, 0.05) is 18.7 Å². The third-order valence-corrected chi connectivity index (χ3v) is 6.34. The van der Waals surface area contributed by atoms with Gasteiger partial charge in [-0.25, -0.2) is 0 Å². The van der Waals surface area contributed by atoms with Crippen LogP contribution in [0, 0.1) is 0 Å². The van der Waals surface area contributed by atoms with Crippen LogP contribution in [0.3, 0.4) is 0 Å². The number of rotatable bonds is 8. The number of thioether (sulfide) groups is 1. The van der Waals surface area contributed by atoms with E-state index in [4.69, 9.17) is 9.47 Å². The van der Waals surface area contributed by atoms with Gasteiger partial charge in [0.2, 0.25) is 0 Å². The molecule has 0 saturated carbocycles. The van der Waals surface area contributed by atoms with Crippen molar-refractivity contribution in [1.82, 2.24) is 4.90 Å². The van der Waals surface area contributed by atoms with E-state index in [2.05, 4.69) is 6.58 Å². The summed E-state index contributed by atoms with van der Waals surface area (Å²) in [5.74, 6) is -0.345. The van der Waals surface area contributed by atoms with Crippen molar-refractivity contribution < 1.29 is 24.5 Å². The van der Waals surface area contributed by atoms with Crippen LogP contribution in [0.5, 0.6) is 5.75 Å². The van der Waals surface area contributed by atoms with Crippen LogP contribution in [-0.4, -0.2) is 57.3 Å². The molecule has 2 aliphatic rings. The summed E-state index contributed by atoms with van der Waals surface area (Å²) >= 11 is 1.18. The summed E-state index contributed by atoms with van der Waals surface area (Å²) in [5, 5.41) is 21.6. The van der Waals surface area contributed by atoms with Crippen molar-refractivity contribution in [3.63, 3.8) is 0 Å². The Morgan fingerprint density at radius 3 is 2.86 bits per heavy atom. The van der Waals surface area contributed by atoms with E-state index in [0.29, 0.717) is 18.7 Å². The van der Waals surface area contributed by atoms with E-state index >= 15 is 0 Å². The van der Waals surface area contributed by atoms with Crippen molar-refractivity contribution in [2.45, 2.75) is 62.7 Å². The molecular weight excluding hydrogens is 378 g/mol. The minimum Gasteiger partial charge on any atom is -0.497 e. The number of carbonyl (C=O) groups excluding carboxylic acids is 1. The lowest BCUT2D eigenvalue weighted by Gasteiger charge is -2.45. The van der Waals surface area contributed by atoms with Crippen molar-refractivity contribution in [2.24, 2.45) is 0 Å². The van der Waals surface area contributed by atoms with Crippen LogP contribution < -0.4 is 4.74 Å². The third kappa shape index (κ3) is 4.89. The fourth-order valence-corrected chi connectivity index (χ4v) is 5.02. The Hall–Kier alpha value is -1.54. The number of aliphatic hydroxyl groups is 2. The average molecular weight is 408 g/mol. The standard InChI is InChI=1S/C21H29NO5S/c1-3-4-5-6-18-11-16(23)12-21(25,27-18)19-14-28-20(24)22(19)13-15-7-9-17(26-2)10-8-15/h3,7-10,16,18-19,23,25H,1,4-6,11-14H2,2H3/t16-,18+,19-,21+/m0/s1. The van der Waals surface area contributed by atoms with Gasteiger partial charge in [0.15, 0.2) is 5.79 Å². The van der Waals surface area contributed by atoms with Gasteiger partial charge in [-0.1, -0.05) is 30.0 Å². The predicted octanol–water partition coefficient (Wildman–Crippen LogP) is 3.32. The second kappa shape index (κ2) is 9.31. The van der Waals surface area contributed by atoms with E-state index < -0.39 is 17.9 Å². The Morgan fingerprint density at radius 2 is 2.18 bits per heavy atom. The maximum absolute atomic E-state index is 12.5. The van der Waals surface area contributed by atoms with Gasteiger partial charge in [-0.3, -0.25) is 4.79 Å². The highest BCUT2D eigenvalue weighted by molar-refractivity contribution is 8.13. The number of benzene rings is 1. The first-order valence-corrected chi connectivity index (χ1v) is 10.7. The largest absolute Gasteiger partial charge is 0.497 e. The summed E-state index contributed by atoms with van der Waals surface area (Å²) in [6.07, 6.45) is 4.12. The molecule has 1 amide bonds. The minimum atomic E-state index is -1.54. The van der Waals surface area contributed by atoms with Crippen LogP contribution >= 0.6 is 11.8 Å². The highest BCUT2D eigenvalue weighted by Gasteiger charge is 2.51. The lowest BCUT2D eigenvalue weighted by atomic mass is 9.91. The van der Waals surface area contributed by atoms with E-state index in [1.54, 1.807) is 12.0 Å². The molecule has 28 heavy (non-hydrogen) atoms. The third-order valence-electron chi connectivity index (χ3n) is 5.38. The Kier molecular flexibility index (Phi) is 7.04. The summed E-state index contributed by atoms with van der Waals surface area (Å²) < 4.78 is 11.2. The maximum Gasteiger partial charge on any atom is 0.282 e. The summed E-state index contributed by atoms with van der Waals surface area (Å²) in [4.78, 5) is 14.2. The van der Waals surface area contributed by atoms with Gasteiger partial charge in [0.25, 0.3) is 5.24 Å². The topological polar surface area (TPSA) is 79.2 Å². The number of nitrogens with zero attached hydrogens (tertiary/aromatic N) is 1. The highest BCUT2D eigenvalue weighted by atomic mass is 32.2. The predicted molar refractivity (Wildman–Crippen MR) is 109 cm³/mol. The first kappa shape index (κ1) is 21.2. The van der Waals surface area contributed by atoms with Crippen molar-refractivity contribution in [3.8, 4) is 5.75 Å². The number of allylic oxidation sites excluding steroid dienone is 1. The van der Waals surface area contributed by atoms with E-state index in [-0.39, 0.29) is 17.8 Å². The van der Waals surface area contributed by atoms with Gasteiger partial charge >= 0.3 is 0 Å².